The quantitative estimate of drug-likeness (QED) is 0.624. The molecule has 1 spiro atoms. The van der Waals surface area contributed by atoms with E-state index in [0.29, 0.717) is 0 Å². The molecule has 2 aliphatic rings. The van der Waals surface area contributed by atoms with Gasteiger partial charge in [0.1, 0.15) is 11.4 Å². The molecule has 80 valence electrons. The molecule has 0 radical (unpaired) electrons. The van der Waals surface area contributed by atoms with Gasteiger partial charge in [-0.2, -0.15) is 0 Å². The summed E-state index contributed by atoms with van der Waals surface area (Å²) < 4.78 is 6.27. The molecule has 1 aromatic rings. The second-order valence-electron chi connectivity index (χ2n) is 5.09. The summed E-state index contributed by atoms with van der Waals surface area (Å²) in [5.74, 6) is 1.18. The Balaban J connectivity index is 1.94. The second-order valence-corrected chi connectivity index (χ2v) is 5.09. The van der Waals surface area contributed by atoms with Gasteiger partial charge in [-0.3, -0.25) is 0 Å². The highest BCUT2D eigenvalue weighted by Gasteiger charge is 2.40. The number of benzene rings is 1. The first kappa shape index (κ1) is 9.26. The highest BCUT2D eigenvalue weighted by atomic mass is 16.5. The van der Waals surface area contributed by atoms with E-state index in [4.69, 9.17) is 4.74 Å². The van der Waals surface area contributed by atoms with Gasteiger partial charge in [0.2, 0.25) is 0 Å². The lowest BCUT2D eigenvalue weighted by Crippen LogP contribution is -2.36. The highest BCUT2D eigenvalue weighted by Crippen LogP contribution is 2.44. The van der Waals surface area contributed by atoms with Crippen LogP contribution in [0.1, 0.15) is 43.2 Å². The zero-order valence-corrected chi connectivity index (χ0v) is 9.38. The van der Waals surface area contributed by atoms with Gasteiger partial charge in [-0.15, -0.1) is 0 Å². The fourth-order valence-electron chi connectivity index (χ4n) is 3.07. The molecule has 1 fully saturated rings. The summed E-state index contributed by atoms with van der Waals surface area (Å²) in [6, 6.07) is 6.53. The van der Waals surface area contributed by atoms with Crippen LogP contribution in [0.25, 0.3) is 0 Å². The molecule has 0 unspecified atom stereocenters. The van der Waals surface area contributed by atoms with Crippen LogP contribution in [0.4, 0.5) is 0 Å². The van der Waals surface area contributed by atoms with E-state index < -0.39 is 0 Å². The van der Waals surface area contributed by atoms with Crippen LogP contribution in [0.5, 0.6) is 5.75 Å². The molecule has 0 bridgehead atoms. The minimum Gasteiger partial charge on any atom is -0.486 e. The minimum absolute atomic E-state index is 0.173. The first-order chi connectivity index (χ1) is 7.29. The Morgan fingerprint density at radius 3 is 2.67 bits per heavy atom. The van der Waals surface area contributed by atoms with Gasteiger partial charge in [0.05, 0.1) is 0 Å². The standard InChI is InChI=1S/C14H18O/c1-11-6-5-7-12-10-14(15-13(11)12)8-3-2-4-9-14/h5-7H,2-4,8-10H2,1H3. The molecule has 3 rings (SSSR count). The highest BCUT2D eigenvalue weighted by molar-refractivity contribution is 5.45. The fourth-order valence-corrected chi connectivity index (χ4v) is 3.07. The average molecular weight is 202 g/mol. The lowest BCUT2D eigenvalue weighted by molar-refractivity contribution is 0.0523. The van der Waals surface area contributed by atoms with E-state index in [2.05, 4.69) is 25.1 Å². The lowest BCUT2D eigenvalue weighted by Gasteiger charge is -2.32. The largest absolute Gasteiger partial charge is 0.486 e. The number of ether oxygens (including phenoxy) is 1. The average Bonchev–Trinajstić information content (AvgIpc) is 2.59. The van der Waals surface area contributed by atoms with Crippen molar-refractivity contribution in [2.75, 3.05) is 0 Å². The first-order valence-corrected chi connectivity index (χ1v) is 6.07. The molecule has 1 aromatic carbocycles. The molecule has 0 atom stereocenters. The summed E-state index contributed by atoms with van der Waals surface area (Å²) in [4.78, 5) is 0. The molecule has 1 aliphatic carbocycles. The number of rotatable bonds is 0. The van der Waals surface area contributed by atoms with Crippen molar-refractivity contribution >= 4 is 0 Å². The maximum Gasteiger partial charge on any atom is 0.126 e. The van der Waals surface area contributed by atoms with Crippen molar-refractivity contribution in [1.82, 2.24) is 0 Å². The zero-order valence-electron chi connectivity index (χ0n) is 9.38. The topological polar surface area (TPSA) is 9.23 Å². The summed E-state index contributed by atoms with van der Waals surface area (Å²) in [5, 5.41) is 0. The maximum atomic E-state index is 6.27. The molecular formula is C14H18O. The smallest absolute Gasteiger partial charge is 0.126 e. The lowest BCUT2D eigenvalue weighted by atomic mass is 9.82. The van der Waals surface area contributed by atoms with E-state index in [9.17, 15) is 0 Å². The van der Waals surface area contributed by atoms with Crippen LogP contribution < -0.4 is 4.74 Å². The van der Waals surface area contributed by atoms with Crippen LogP contribution >= 0.6 is 0 Å². The van der Waals surface area contributed by atoms with Crippen molar-refractivity contribution < 1.29 is 4.74 Å². The predicted molar refractivity (Wildman–Crippen MR) is 61.3 cm³/mol. The van der Waals surface area contributed by atoms with Crippen molar-refractivity contribution in [3.63, 3.8) is 0 Å². The third-order valence-corrected chi connectivity index (χ3v) is 3.89. The Labute approximate surface area is 91.5 Å². The van der Waals surface area contributed by atoms with Gasteiger partial charge < -0.3 is 4.74 Å². The predicted octanol–water partition coefficient (Wildman–Crippen LogP) is 3.63. The van der Waals surface area contributed by atoms with Crippen molar-refractivity contribution in [3.8, 4) is 5.75 Å². The van der Waals surface area contributed by atoms with Crippen LogP contribution in [0, 0.1) is 6.92 Å². The molecule has 1 nitrogen and oxygen atoms in total. The second kappa shape index (κ2) is 3.26. The van der Waals surface area contributed by atoms with Gasteiger partial charge in [0, 0.05) is 6.42 Å². The Hall–Kier alpha value is -0.980. The monoisotopic (exact) mass is 202 g/mol. The molecule has 1 heteroatoms. The van der Waals surface area contributed by atoms with E-state index in [1.807, 2.05) is 0 Å². The zero-order chi connectivity index (χ0) is 10.3. The molecule has 0 N–H and O–H groups in total. The van der Waals surface area contributed by atoms with Gasteiger partial charge >= 0.3 is 0 Å². The number of hydrogen-bond donors (Lipinski definition) is 0. The van der Waals surface area contributed by atoms with Gasteiger partial charge in [0.25, 0.3) is 0 Å². The number of hydrogen-bond acceptors (Lipinski definition) is 1. The molecule has 1 heterocycles. The van der Waals surface area contributed by atoms with Crippen LogP contribution in [-0.4, -0.2) is 5.60 Å². The molecule has 0 saturated heterocycles. The third-order valence-electron chi connectivity index (χ3n) is 3.89. The normalized spacial score (nSPS) is 22.5. The number of para-hydroxylation sites is 1. The van der Waals surface area contributed by atoms with Gasteiger partial charge in [-0.05, 0) is 43.7 Å². The number of aryl methyl sites for hydroxylation is 1. The van der Waals surface area contributed by atoms with E-state index in [1.165, 1.54) is 49.0 Å². The van der Waals surface area contributed by atoms with Crippen molar-refractivity contribution in [2.24, 2.45) is 0 Å². The Kier molecular flexibility index (Phi) is 2.01. The third kappa shape index (κ3) is 1.45. The maximum absolute atomic E-state index is 6.27. The minimum atomic E-state index is 0.173. The summed E-state index contributed by atoms with van der Waals surface area (Å²) in [6.45, 7) is 2.15. The van der Waals surface area contributed by atoms with E-state index >= 15 is 0 Å². The molecule has 1 aliphatic heterocycles. The fraction of sp³-hybridized carbons (Fsp3) is 0.571. The summed E-state index contributed by atoms with van der Waals surface area (Å²) >= 11 is 0. The first-order valence-electron chi connectivity index (χ1n) is 6.07. The van der Waals surface area contributed by atoms with Crippen molar-refractivity contribution in [3.05, 3.63) is 29.3 Å². The van der Waals surface area contributed by atoms with Crippen molar-refractivity contribution in [2.45, 2.75) is 51.0 Å². The van der Waals surface area contributed by atoms with Crippen LogP contribution in [0.2, 0.25) is 0 Å². The molecule has 0 amide bonds. The molecule has 1 saturated carbocycles. The summed E-state index contributed by atoms with van der Waals surface area (Å²) in [7, 11) is 0. The Morgan fingerprint density at radius 1 is 1.13 bits per heavy atom. The SMILES string of the molecule is Cc1cccc2c1OC1(CCCCC1)C2. The molecule has 15 heavy (non-hydrogen) atoms. The van der Waals surface area contributed by atoms with E-state index in [-0.39, 0.29) is 5.60 Å². The van der Waals surface area contributed by atoms with Gasteiger partial charge in [-0.25, -0.2) is 0 Å². The Morgan fingerprint density at radius 2 is 1.93 bits per heavy atom. The van der Waals surface area contributed by atoms with Crippen LogP contribution in [-0.2, 0) is 6.42 Å². The summed E-state index contributed by atoms with van der Waals surface area (Å²) in [6.07, 6.45) is 7.72. The van der Waals surface area contributed by atoms with Gasteiger partial charge in [0.15, 0.2) is 0 Å². The number of fused-ring (bicyclic) bond motifs is 1. The Bertz CT molecular complexity index is 375. The van der Waals surface area contributed by atoms with Crippen LogP contribution in [0.3, 0.4) is 0 Å². The molecular weight excluding hydrogens is 184 g/mol. The van der Waals surface area contributed by atoms with Crippen molar-refractivity contribution in [1.29, 1.82) is 0 Å². The van der Waals surface area contributed by atoms with Crippen LogP contribution in [0.15, 0.2) is 18.2 Å². The van der Waals surface area contributed by atoms with Gasteiger partial charge in [-0.1, -0.05) is 24.6 Å². The summed E-state index contributed by atoms with van der Waals surface area (Å²) in [5.41, 5.74) is 2.90. The van der Waals surface area contributed by atoms with E-state index in [1.54, 1.807) is 0 Å². The van der Waals surface area contributed by atoms with E-state index in [0.717, 1.165) is 6.42 Å². The molecule has 0 aromatic heterocycles.